The first kappa shape index (κ1) is 20.0. The van der Waals surface area contributed by atoms with Crippen molar-refractivity contribution in [2.75, 3.05) is 0 Å². The van der Waals surface area contributed by atoms with Gasteiger partial charge < -0.3 is 10.4 Å². The van der Waals surface area contributed by atoms with Crippen LogP contribution in [0.5, 0.6) is 0 Å². The van der Waals surface area contributed by atoms with Crippen molar-refractivity contribution in [3.63, 3.8) is 0 Å². The van der Waals surface area contributed by atoms with Gasteiger partial charge in [-0.05, 0) is 99.9 Å². The van der Waals surface area contributed by atoms with Gasteiger partial charge in [0, 0.05) is 17.9 Å². The predicted octanol–water partition coefficient (Wildman–Crippen LogP) is 4.93. The Bertz CT molecular complexity index is 733. The third-order valence-electron chi connectivity index (χ3n) is 8.91. The zero-order chi connectivity index (χ0) is 20.5. The van der Waals surface area contributed by atoms with Crippen molar-refractivity contribution < 1.29 is 14.7 Å². The van der Waals surface area contributed by atoms with Crippen molar-refractivity contribution in [1.82, 2.24) is 5.32 Å². The van der Waals surface area contributed by atoms with Gasteiger partial charge in [0.15, 0.2) is 11.5 Å². The molecule has 0 spiro atoms. The first-order valence-electron chi connectivity index (χ1n) is 11.3. The van der Waals surface area contributed by atoms with Gasteiger partial charge in [0.25, 0.3) is 0 Å². The van der Waals surface area contributed by atoms with Crippen LogP contribution in [0.15, 0.2) is 11.3 Å². The molecule has 0 bridgehead atoms. The molecule has 28 heavy (non-hydrogen) atoms. The number of aliphatic hydroxyl groups excluding tert-OH is 1. The van der Waals surface area contributed by atoms with Gasteiger partial charge in [0.05, 0.1) is 0 Å². The van der Waals surface area contributed by atoms with Gasteiger partial charge in [0.2, 0.25) is 5.91 Å². The lowest BCUT2D eigenvalue weighted by Gasteiger charge is -2.58. The summed E-state index contributed by atoms with van der Waals surface area (Å²) >= 11 is 0. The first-order chi connectivity index (χ1) is 13.0. The Hall–Kier alpha value is -1.32. The molecule has 4 nitrogen and oxygen atoms in total. The van der Waals surface area contributed by atoms with Gasteiger partial charge in [-0.1, -0.05) is 13.8 Å². The van der Waals surface area contributed by atoms with Crippen LogP contribution in [-0.2, 0) is 9.59 Å². The van der Waals surface area contributed by atoms with E-state index >= 15 is 0 Å². The highest BCUT2D eigenvalue weighted by molar-refractivity contribution is 5.95. The average molecular weight is 388 g/mol. The van der Waals surface area contributed by atoms with E-state index in [0.717, 1.165) is 50.5 Å². The number of fused-ring (bicyclic) bond motifs is 5. The molecule has 4 aliphatic carbocycles. The second-order valence-electron chi connectivity index (χ2n) is 11.5. The van der Waals surface area contributed by atoms with Gasteiger partial charge in [-0.3, -0.25) is 9.59 Å². The van der Waals surface area contributed by atoms with Crippen LogP contribution < -0.4 is 5.32 Å². The Morgan fingerprint density at radius 1 is 1.04 bits per heavy atom. The van der Waals surface area contributed by atoms with Gasteiger partial charge in [-0.25, -0.2) is 0 Å². The van der Waals surface area contributed by atoms with E-state index in [9.17, 15) is 14.7 Å². The molecule has 0 saturated heterocycles. The van der Waals surface area contributed by atoms with Crippen LogP contribution in [0.1, 0.15) is 86.0 Å². The summed E-state index contributed by atoms with van der Waals surface area (Å²) in [6.07, 6.45) is 7.59. The molecular formula is C24H37NO3. The Morgan fingerprint density at radius 3 is 2.43 bits per heavy atom. The SMILES string of the molecule is CC(C)(C)NC(=O)[C@H]1CC[C@H]2[C@@H]3CCC4=C(O)C(=O)CC[C@]4(C)[C@H]3CC[C@]12C. The number of carbonyl (C=O) groups is 2. The molecule has 3 fully saturated rings. The molecule has 4 heteroatoms. The number of amides is 1. The Labute approximate surface area is 169 Å². The van der Waals surface area contributed by atoms with Crippen LogP contribution in [0, 0.1) is 34.5 Å². The van der Waals surface area contributed by atoms with E-state index in [1.807, 2.05) is 0 Å². The molecule has 4 rings (SSSR count). The zero-order valence-electron chi connectivity index (χ0n) is 18.2. The summed E-state index contributed by atoms with van der Waals surface area (Å²) in [5.74, 6) is 2.10. The number of hydrogen-bond acceptors (Lipinski definition) is 3. The van der Waals surface area contributed by atoms with E-state index in [2.05, 4.69) is 39.9 Å². The lowest BCUT2D eigenvalue weighted by Crippen LogP contribution is -2.53. The van der Waals surface area contributed by atoms with Crippen molar-refractivity contribution in [3.05, 3.63) is 11.3 Å². The summed E-state index contributed by atoms with van der Waals surface area (Å²) in [6.45, 7) is 10.8. The maximum atomic E-state index is 13.1. The third-order valence-corrected chi connectivity index (χ3v) is 8.91. The quantitative estimate of drug-likeness (QED) is 0.670. The Balaban J connectivity index is 1.61. The third kappa shape index (κ3) is 2.85. The Kier molecular flexibility index (Phi) is 4.52. The van der Waals surface area contributed by atoms with Crippen LogP contribution in [0.2, 0.25) is 0 Å². The van der Waals surface area contributed by atoms with Crippen molar-refractivity contribution in [3.8, 4) is 0 Å². The maximum Gasteiger partial charge on any atom is 0.224 e. The summed E-state index contributed by atoms with van der Waals surface area (Å²) in [5, 5.41) is 13.7. The highest BCUT2D eigenvalue weighted by Crippen LogP contribution is 2.66. The largest absolute Gasteiger partial charge is 0.504 e. The molecule has 0 radical (unpaired) electrons. The summed E-state index contributed by atoms with van der Waals surface area (Å²) < 4.78 is 0. The fourth-order valence-electron chi connectivity index (χ4n) is 7.57. The molecule has 0 aliphatic heterocycles. The van der Waals surface area contributed by atoms with E-state index in [0.29, 0.717) is 24.2 Å². The Morgan fingerprint density at radius 2 is 1.75 bits per heavy atom. The number of Topliss-reactive ketones (excluding diaryl/α,β-unsaturated/α-hetero) is 1. The van der Waals surface area contributed by atoms with Gasteiger partial charge >= 0.3 is 0 Å². The van der Waals surface area contributed by atoms with E-state index in [4.69, 9.17) is 0 Å². The smallest absolute Gasteiger partial charge is 0.224 e. The van der Waals surface area contributed by atoms with Crippen molar-refractivity contribution in [1.29, 1.82) is 0 Å². The van der Waals surface area contributed by atoms with Crippen molar-refractivity contribution >= 4 is 11.7 Å². The van der Waals surface area contributed by atoms with E-state index in [-0.39, 0.29) is 39.7 Å². The second kappa shape index (κ2) is 6.34. The fourth-order valence-corrected chi connectivity index (χ4v) is 7.57. The van der Waals surface area contributed by atoms with Crippen molar-refractivity contribution in [2.45, 2.75) is 91.5 Å². The van der Waals surface area contributed by atoms with Gasteiger partial charge in [0.1, 0.15) is 0 Å². The van der Waals surface area contributed by atoms with Crippen LogP contribution in [0.3, 0.4) is 0 Å². The molecule has 0 unspecified atom stereocenters. The predicted molar refractivity (Wildman–Crippen MR) is 110 cm³/mol. The molecule has 1 amide bonds. The van der Waals surface area contributed by atoms with Gasteiger partial charge in [-0.2, -0.15) is 0 Å². The van der Waals surface area contributed by atoms with E-state index in [1.54, 1.807) is 0 Å². The summed E-state index contributed by atoms with van der Waals surface area (Å²) in [4.78, 5) is 25.1. The topological polar surface area (TPSA) is 66.4 Å². The molecule has 0 heterocycles. The first-order valence-corrected chi connectivity index (χ1v) is 11.3. The number of carbonyl (C=O) groups excluding carboxylic acids is 2. The standard InChI is InChI=1S/C24H37NO3/c1-22(2,3)25-21(28)18-9-8-15-14-6-7-17-20(27)19(26)11-13-23(17,4)16(14)10-12-24(15,18)5/h14-16,18,27H,6-13H2,1-5H3,(H,25,28)/t14-,15-,16-,18+,23+,24-/m0/s1. The normalized spacial score (nSPS) is 43.2. The maximum absolute atomic E-state index is 13.1. The van der Waals surface area contributed by atoms with Crippen LogP contribution in [-0.4, -0.2) is 22.3 Å². The lowest BCUT2D eigenvalue weighted by atomic mass is 9.46. The van der Waals surface area contributed by atoms with E-state index < -0.39 is 0 Å². The molecule has 156 valence electrons. The second-order valence-corrected chi connectivity index (χ2v) is 11.5. The molecule has 3 saturated carbocycles. The van der Waals surface area contributed by atoms with Crippen LogP contribution in [0.4, 0.5) is 0 Å². The summed E-state index contributed by atoms with van der Waals surface area (Å²) in [5.41, 5.74) is 0.898. The van der Waals surface area contributed by atoms with Crippen molar-refractivity contribution in [2.24, 2.45) is 34.5 Å². The molecular weight excluding hydrogens is 350 g/mol. The molecule has 0 aromatic rings. The average Bonchev–Trinajstić information content (AvgIpc) is 2.94. The minimum absolute atomic E-state index is 0.0337. The molecule has 0 aromatic carbocycles. The molecule has 2 N–H and O–H groups in total. The van der Waals surface area contributed by atoms with Gasteiger partial charge in [-0.15, -0.1) is 0 Å². The number of ketones is 1. The number of allylic oxidation sites excluding steroid dienone is 1. The monoisotopic (exact) mass is 387 g/mol. The highest BCUT2D eigenvalue weighted by Gasteiger charge is 2.60. The van der Waals surface area contributed by atoms with Crippen LogP contribution in [0.25, 0.3) is 0 Å². The minimum atomic E-state index is -0.188. The molecule has 0 aromatic heterocycles. The van der Waals surface area contributed by atoms with Crippen LogP contribution >= 0.6 is 0 Å². The van der Waals surface area contributed by atoms with E-state index in [1.165, 1.54) is 0 Å². The number of hydrogen-bond donors (Lipinski definition) is 2. The molecule has 4 aliphatic rings. The highest BCUT2D eigenvalue weighted by atomic mass is 16.3. The lowest BCUT2D eigenvalue weighted by molar-refractivity contribution is -0.134. The number of aliphatic hydroxyl groups is 1. The summed E-state index contributed by atoms with van der Waals surface area (Å²) in [7, 11) is 0. The number of nitrogens with one attached hydrogen (secondary N) is 1. The minimum Gasteiger partial charge on any atom is -0.504 e. The number of rotatable bonds is 1. The molecule has 6 atom stereocenters. The zero-order valence-corrected chi connectivity index (χ0v) is 18.2. The fraction of sp³-hybridized carbons (Fsp3) is 0.833. The summed E-state index contributed by atoms with van der Waals surface area (Å²) in [6, 6.07) is 0.